The van der Waals surface area contributed by atoms with Crippen molar-refractivity contribution in [3.63, 3.8) is 0 Å². The number of nitrogens with one attached hydrogen (secondary N) is 2. The predicted octanol–water partition coefficient (Wildman–Crippen LogP) is 3.80. The molecule has 3 aromatic rings. The minimum absolute atomic E-state index is 0.152. The number of pyridine rings is 2. The second-order valence-electron chi connectivity index (χ2n) is 8.92. The number of fused-ring (bicyclic) bond motifs is 1. The van der Waals surface area contributed by atoms with Gasteiger partial charge in [0.1, 0.15) is 5.82 Å². The number of piperidine rings is 1. The highest BCUT2D eigenvalue weighted by molar-refractivity contribution is 7.90. The van der Waals surface area contributed by atoms with E-state index in [1.807, 2.05) is 12.1 Å². The summed E-state index contributed by atoms with van der Waals surface area (Å²) in [6, 6.07) is 9.99. The molecule has 1 saturated heterocycles. The number of benzene rings is 1. The number of hydrogen-bond donors (Lipinski definition) is 2. The maximum absolute atomic E-state index is 12.7. The minimum atomic E-state index is -3.46. The fourth-order valence-corrected chi connectivity index (χ4v) is 5.59. The number of rotatable bonds is 5. The third-order valence-corrected chi connectivity index (χ3v) is 7.75. The largest absolute Gasteiger partial charge is 0.340 e. The Hall–Kier alpha value is -3.56. The highest BCUT2D eigenvalue weighted by Crippen LogP contribution is 2.33. The normalized spacial score (nSPS) is 16.0. The minimum Gasteiger partial charge on any atom is -0.340 e. The van der Waals surface area contributed by atoms with E-state index < -0.39 is 9.84 Å². The van der Waals surface area contributed by atoms with Crippen LogP contribution in [0.3, 0.4) is 0 Å². The molecule has 1 radical (unpaired) electrons. The summed E-state index contributed by atoms with van der Waals surface area (Å²) in [5.41, 5.74) is 4.81. The molecular weight excluding hydrogens is 462 g/mol. The molecule has 4 heterocycles. The van der Waals surface area contributed by atoms with Crippen LogP contribution in [0, 0.1) is 6.92 Å². The highest BCUT2D eigenvalue weighted by Gasteiger charge is 2.24. The first-order valence-corrected chi connectivity index (χ1v) is 13.4. The summed E-state index contributed by atoms with van der Waals surface area (Å²) in [4.78, 5) is 21.7. The Balaban J connectivity index is 1.55. The van der Waals surface area contributed by atoms with Crippen molar-refractivity contribution in [2.75, 3.05) is 24.7 Å². The van der Waals surface area contributed by atoms with Crippen LogP contribution in [-0.4, -0.2) is 43.6 Å². The van der Waals surface area contributed by atoms with Gasteiger partial charge in [0.15, 0.2) is 9.84 Å². The molecule has 5 rings (SSSR count). The van der Waals surface area contributed by atoms with Crippen molar-refractivity contribution < 1.29 is 13.2 Å². The smallest absolute Gasteiger partial charge is 0.281 e. The maximum Gasteiger partial charge on any atom is 0.281 e. The van der Waals surface area contributed by atoms with Crippen LogP contribution < -0.4 is 16.0 Å². The molecule has 1 aromatic carbocycles. The fourth-order valence-electron chi connectivity index (χ4n) is 4.67. The van der Waals surface area contributed by atoms with E-state index in [2.05, 4.69) is 33.1 Å². The molecule has 2 aromatic heterocycles. The van der Waals surface area contributed by atoms with Crippen molar-refractivity contribution in [2.24, 2.45) is 0 Å². The van der Waals surface area contributed by atoms with Crippen LogP contribution in [0.4, 0.5) is 11.5 Å². The molecule has 1 amide bonds. The summed E-state index contributed by atoms with van der Waals surface area (Å²) in [6.45, 7) is 3.79. The molecule has 2 aliphatic heterocycles. The molecule has 1 fully saturated rings. The van der Waals surface area contributed by atoms with Gasteiger partial charge in [-0.1, -0.05) is 12.1 Å². The van der Waals surface area contributed by atoms with E-state index in [9.17, 15) is 13.2 Å². The van der Waals surface area contributed by atoms with Gasteiger partial charge < -0.3 is 10.6 Å². The van der Waals surface area contributed by atoms with Crippen molar-refractivity contribution in [3.05, 3.63) is 71.2 Å². The zero-order valence-electron chi connectivity index (χ0n) is 19.6. The molecular formula is C26H26N5O3S. The maximum atomic E-state index is 12.7. The molecule has 0 unspecified atom stereocenters. The lowest BCUT2D eigenvalue weighted by atomic mass is 9.90. The Morgan fingerprint density at radius 3 is 2.54 bits per heavy atom. The molecule has 2 aliphatic rings. The van der Waals surface area contributed by atoms with Gasteiger partial charge in [0.25, 0.3) is 5.91 Å². The van der Waals surface area contributed by atoms with Crippen molar-refractivity contribution in [3.8, 4) is 11.3 Å². The zero-order chi connectivity index (χ0) is 24.6. The lowest BCUT2D eigenvalue weighted by Gasteiger charge is -2.23. The topological polar surface area (TPSA) is 115 Å². The van der Waals surface area contributed by atoms with Crippen LogP contribution in [0.15, 0.2) is 53.8 Å². The molecule has 35 heavy (non-hydrogen) atoms. The highest BCUT2D eigenvalue weighted by atomic mass is 32.2. The van der Waals surface area contributed by atoms with E-state index in [0.717, 1.165) is 37.9 Å². The van der Waals surface area contributed by atoms with E-state index in [0.29, 0.717) is 39.7 Å². The second-order valence-corrected chi connectivity index (χ2v) is 10.9. The van der Waals surface area contributed by atoms with Crippen molar-refractivity contribution in [1.82, 2.24) is 20.6 Å². The summed E-state index contributed by atoms with van der Waals surface area (Å²) >= 11 is 0. The van der Waals surface area contributed by atoms with E-state index in [-0.39, 0.29) is 10.8 Å². The van der Waals surface area contributed by atoms with Crippen LogP contribution in [0.2, 0.25) is 0 Å². The summed E-state index contributed by atoms with van der Waals surface area (Å²) in [5.74, 6) is 0.534. The molecule has 8 nitrogen and oxygen atoms in total. The van der Waals surface area contributed by atoms with Gasteiger partial charge in [0.05, 0.1) is 16.2 Å². The Morgan fingerprint density at radius 2 is 1.83 bits per heavy atom. The van der Waals surface area contributed by atoms with E-state index in [1.54, 1.807) is 25.3 Å². The summed E-state index contributed by atoms with van der Waals surface area (Å²) in [5, 5.41) is 10.6. The van der Waals surface area contributed by atoms with E-state index >= 15 is 0 Å². The number of nitrogens with zero attached hydrogens (tertiary/aromatic N) is 3. The monoisotopic (exact) mass is 488 g/mol. The van der Waals surface area contributed by atoms with Gasteiger partial charge >= 0.3 is 0 Å². The number of amides is 1. The van der Waals surface area contributed by atoms with Crippen LogP contribution in [0.1, 0.15) is 45.8 Å². The Kier molecular flexibility index (Phi) is 6.12. The van der Waals surface area contributed by atoms with Gasteiger partial charge in [-0.05, 0) is 79.7 Å². The molecule has 179 valence electrons. The fraction of sp³-hybridized carbons (Fsp3) is 0.269. The number of hydrogen-bond acceptors (Lipinski definition) is 7. The average Bonchev–Trinajstić information content (AvgIpc) is 2.84. The average molecular weight is 489 g/mol. The third-order valence-electron chi connectivity index (χ3n) is 6.54. The molecule has 0 bridgehead atoms. The Labute approximate surface area is 204 Å². The summed E-state index contributed by atoms with van der Waals surface area (Å²) in [6.07, 6.45) is 9.54. The number of carbonyl (C=O) groups excluding carboxylic acids is 1. The lowest BCUT2D eigenvalue weighted by Crippen LogP contribution is -2.26. The Bertz CT molecular complexity index is 1430. The molecule has 2 N–H and O–H groups in total. The van der Waals surface area contributed by atoms with Crippen molar-refractivity contribution >= 4 is 33.3 Å². The first-order chi connectivity index (χ1) is 16.8. The lowest BCUT2D eigenvalue weighted by molar-refractivity contribution is 0.0965. The van der Waals surface area contributed by atoms with Crippen molar-refractivity contribution in [2.45, 2.75) is 30.6 Å². The Morgan fingerprint density at radius 1 is 1.09 bits per heavy atom. The third kappa shape index (κ3) is 4.69. The van der Waals surface area contributed by atoms with E-state index in [4.69, 9.17) is 4.98 Å². The molecule has 0 aliphatic carbocycles. The molecule has 9 heteroatoms. The standard InChI is InChI=1S/C26H26N5O3S/c1-16-21(14-28-15-23(16)35(2,33)34)22-13-19-9-12-29-26(32)24(19)25(31-22)30-20-5-3-17(4-6-20)18-7-10-27-11-8-18/h3-6,9,12-15,18,27H,7-8,10-11H2,1-2H3,(H,30,31). The second kappa shape index (κ2) is 9.24. The summed E-state index contributed by atoms with van der Waals surface area (Å²) in [7, 11) is -3.46. The first kappa shape index (κ1) is 23.2. The van der Waals surface area contributed by atoms with Gasteiger partial charge in [-0.15, -0.1) is 0 Å². The SMILES string of the molecule is Cc1c(-c2cc3c(c(Nc4ccc(C5CCNCC5)cc4)n2)C(=O)[N]C=C3)cncc1S(C)(=O)=O. The molecule has 0 saturated carbocycles. The zero-order valence-corrected chi connectivity index (χ0v) is 20.4. The van der Waals surface area contributed by atoms with Crippen LogP contribution in [-0.2, 0) is 9.84 Å². The van der Waals surface area contributed by atoms with Gasteiger partial charge in [-0.3, -0.25) is 9.78 Å². The molecule has 0 spiro atoms. The van der Waals surface area contributed by atoms with Crippen molar-refractivity contribution in [1.29, 1.82) is 0 Å². The molecule has 0 atom stereocenters. The van der Waals surface area contributed by atoms with Gasteiger partial charge in [0, 0.05) is 36.1 Å². The number of carbonyl (C=O) groups is 1. The first-order valence-electron chi connectivity index (χ1n) is 11.5. The van der Waals surface area contributed by atoms with Gasteiger partial charge in [0.2, 0.25) is 0 Å². The van der Waals surface area contributed by atoms with Crippen LogP contribution in [0.25, 0.3) is 17.3 Å². The number of aromatic nitrogens is 2. The van der Waals surface area contributed by atoms with Gasteiger partial charge in [-0.25, -0.2) is 18.7 Å². The van der Waals surface area contributed by atoms with Crippen LogP contribution >= 0.6 is 0 Å². The quantitative estimate of drug-likeness (QED) is 0.561. The van der Waals surface area contributed by atoms with Gasteiger partial charge in [-0.2, -0.15) is 0 Å². The van der Waals surface area contributed by atoms with Crippen LogP contribution in [0.5, 0.6) is 0 Å². The number of anilines is 2. The summed E-state index contributed by atoms with van der Waals surface area (Å²) < 4.78 is 24.4. The number of sulfone groups is 1. The van der Waals surface area contributed by atoms with E-state index in [1.165, 1.54) is 18.0 Å². The predicted molar refractivity (Wildman–Crippen MR) is 135 cm³/mol.